The molecular weight excluding hydrogens is 467 g/mol. The van der Waals surface area contributed by atoms with Gasteiger partial charge in [-0.2, -0.15) is 0 Å². The summed E-state index contributed by atoms with van der Waals surface area (Å²) in [5.74, 6) is 2.09. The van der Waals surface area contributed by atoms with Crippen molar-refractivity contribution in [3.63, 3.8) is 0 Å². The lowest BCUT2D eigenvalue weighted by molar-refractivity contribution is 0.136. The van der Waals surface area contributed by atoms with Crippen molar-refractivity contribution < 1.29 is 9.84 Å². The standard InChI is InChI=1S/C21H34N4O2.HI/c1-3-22-21(23-14-16-8-6-11-19(16)26)24-17-9-7-13-25(15-17)18-10-4-5-12-20(18)27-2;/h4-5,10,12,16-17,19,26H,3,6-9,11,13-15H2,1-2H3,(H2,22,23,24);1H. The normalized spacial score (nSPS) is 25.2. The molecule has 3 unspecified atom stereocenters. The van der Waals surface area contributed by atoms with E-state index in [1.807, 2.05) is 12.1 Å². The number of methoxy groups -OCH3 is 1. The number of piperidine rings is 1. The lowest BCUT2D eigenvalue weighted by Gasteiger charge is -2.36. The zero-order valence-electron chi connectivity index (χ0n) is 17.1. The van der Waals surface area contributed by atoms with Gasteiger partial charge < -0.3 is 25.4 Å². The number of aliphatic imine (C=N–C) groups is 1. The minimum atomic E-state index is -0.188. The number of aliphatic hydroxyl groups excluding tert-OH is 1. The summed E-state index contributed by atoms with van der Waals surface area (Å²) in [5, 5.41) is 17.0. The number of anilines is 1. The van der Waals surface area contributed by atoms with Crippen LogP contribution in [-0.4, -0.2) is 56.5 Å². The van der Waals surface area contributed by atoms with Gasteiger partial charge in [-0.25, -0.2) is 0 Å². The van der Waals surface area contributed by atoms with Crippen LogP contribution >= 0.6 is 24.0 Å². The van der Waals surface area contributed by atoms with Crippen LogP contribution in [0.1, 0.15) is 39.0 Å². The highest BCUT2D eigenvalue weighted by molar-refractivity contribution is 14.0. The summed E-state index contributed by atoms with van der Waals surface area (Å²) in [6.45, 7) is 5.59. The maximum Gasteiger partial charge on any atom is 0.191 e. The number of hydrogen-bond acceptors (Lipinski definition) is 4. The number of nitrogens with zero attached hydrogens (tertiary/aromatic N) is 2. The first-order chi connectivity index (χ1) is 13.2. The number of benzene rings is 1. The van der Waals surface area contributed by atoms with Gasteiger partial charge in [-0.15, -0.1) is 24.0 Å². The largest absolute Gasteiger partial charge is 0.495 e. The third kappa shape index (κ3) is 6.14. The third-order valence-corrected chi connectivity index (χ3v) is 5.64. The van der Waals surface area contributed by atoms with E-state index < -0.39 is 0 Å². The first-order valence-electron chi connectivity index (χ1n) is 10.3. The van der Waals surface area contributed by atoms with Gasteiger partial charge in [0.25, 0.3) is 0 Å². The molecule has 1 aromatic carbocycles. The Labute approximate surface area is 186 Å². The van der Waals surface area contributed by atoms with E-state index in [9.17, 15) is 5.11 Å². The molecule has 2 fully saturated rings. The smallest absolute Gasteiger partial charge is 0.191 e. The topological polar surface area (TPSA) is 69.1 Å². The van der Waals surface area contributed by atoms with Crippen molar-refractivity contribution >= 4 is 35.6 Å². The number of hydrogen-bond donors (Lipinski definition) is 3. The molecule has 6 nitrogen and oxygen atoms in total. The van der Waals surface area contributed by atoms with E-state index in [1.165, 1.54) is 0 Å². The van der Waals surface area contributed by atoms with Crippen molar-refractivity contribution in [2.75, 3.05) is 38.2 Å². The Morgan fingerprint density at radius 1 is 1.25 bits per heavy atom. The van der Waals surface area contributed by atoms with Crippen LogP contribution in [0.25, 0.3) is 0 Å². The molecule has 1 aromatic rings. The SMILES string of the molecule is CCNC(=NCC1CCCC1O)NC1CCCN(c2ccccc2OC)C1.I. The van der Waals surface area contributed by atoms with Crippen LogP contribution in [0.2, 0.25) is 0 Å². The monoisotopic (exact) mass is 502 g/mol. The molecule has 3 rings (SSSR count). The van der Waals surface area contributed by atoms with E-state index in [-0.39, 0.29) is 30.1 Å². The summed E-state index contributed by atoms with van der Waals surface area (Å²) in [4.78, 5) is 7.16. The van der Waals surface area contributed by atoms with Crippen molar-refractivity contribution in [1.29, 1.82) is 0 Å². The fourth-order valence-electron chi connectivity index (χ4n) is 4.16. The van der Waals surface area contributed by atoms with Crippen LogP contribution in [-0.2, 0) is 0 Å². The predicted octanol–water partition coefficient (Wildman–Crippen LogP) is 3.00. The molecule has 0 spiro atoms. The van der Waals surface area contributed by atoms with Crippen LogP contribution in [0.15, 0.2) is 29.3 Å². The molecule has 1 aliphatic carbocycles. The van der Waals surface area contributed by atoms with Gasteiger partial charge >= 0.3 is 0 Å². The second-order valence-electron chi connectivity index (χ2n) is 7.58. The van der Waals surface area contributed by atoms with Gasteiger partial charge in [-0.05, 0) is 44.7 Å². The maximum atomic E-state index is 10.0. The highest BCUT2D eigenvalue weighted by Crippen LogP contribution is 2.30. The maximum absolute atomic E-state index is 10.0. The lowest BCUT2D eigenvalue weighted by atomic mass is 10.0. The average Bonchev–Trinajstić information content (AvgIpc) is 3.11. The van der Waals surface area contributed by atoms with Gasteiger partial charge in [0, 0.05) is 38.1 Å². The highest BCUT2D eigenvalue weighted by atomic mass is 127. The van der Waals surface area contributed by atoms with Crippen LogP contribution in [0, 0.1) is 5.92 Å². The molecule has 28 heavy (non-hydrogen) atoms. The number of guanidine groups is 1. The van der Waals surface area contributed by atoms with Crippen molar-refractivity contribution in [1.82, 2.24) is 10.6 Å². The minimum Gasteiger partial charge on any atom is -0.495 e. The van der Waals surface area contributed by atoms with Crippen LogP contribution in [0.3, 0.4) is 0 Å². The molecule has 1 aliphatic heterocycles. The fourth-order valence-corrected chi connectivity index (χ4v) is 4.16. The van der Waals surface area contributed by atoms with Gasteiger partial charge in [-0.1, -0.05) is 18.6 Å². The molecule has 1 saturated carbocycles. The summed E-state index contributed by atoms with van der Waals surface area (Å²) >= 11 is 0. The Bertz CT molecular complexity index is 628. The van der Waals surface area contributed by atoms with E-state index in [1.54, 1.807) is 7.11 Å². The number of para-hydroxylation sites is 2. The molecule has 7 heteroatoms. The quantitative estimate of drug-likeness (QED) is 0.317. The molecule has 0 aromatic heterocycles. The number of nitrogens with one attached hydrogen (secondary N) is 2. The molecule has 3 atom stereocenters. The number of ether oxygens (including phenoxy) is 1. The zero-order valence-corrected chi connectivity index (χ0v) is 19.4. The predicted molar refractivity (Wildman–Crippen MR) is 126 cm³/mol. The Balaban J connectivity index is 0.00000280. The first-order valence-corrected chi connectivity index (χ1v) is 10.3. The van der Waals surface area contributed by atoms with E-state index in [4.69, 9.17) is 9.73 Å². The van der Waals surface area contributed by atoms with Gasteiger partial charge in [-0.3, -0.25) is 4.99 Å². The zero-order chi connectivity index (χ0) is 19.1. The molecule has 2 aliphatic rings. The molecule has 0 bridgehead atoms. The van der Waals surface area contributed by atoms with E-state index in [0.717, 1.165) is 69.1 Å². The highest BCUT2D eigenvalue weighted by Gasteiger charge is 2.26. The van der Waals surface area contributed by atoms with Gasteiger partial charge in [0.15, 0.2) is 5.96 Å². The summed E-state index contributed by atoms with van der Waals surface area (Å²) in [5.41, 5.74) is 1.16. The van der Waals surface area contributed by atoms with Crippen LogP contribution in [0.5, 0.6) is 5.75 Å². The van der Waals surface area contributed by atoms with Crippen molar-refractivity contribution in [2.24, 2.45) is 10.9 Å². The number of halogens is 1. The second-order valence-corrected chi connectivity index (χ2v) is 7.58. The van der Waals surface area contributed by atoms with E-state index in [0.29, 0.717) is 18.5 Å². The van der Waals surface area contributed by atoms with Gasteiger partial charge in [0.05, 0.1) is 18.9 Å². The summed E-state index contributed by atoms with van der Waals surface area (Å²) in [6, 6.07) is 8.56. The summed E-state index contributed by atoms with van der Waals surface area (Å²) in [6.07, 6.45) is 5.18. The number of rotatable bonds is 6. The Morgan fingerprint density at radius 2 is 2.07 bits per heavy atom. The summed E-state index contributed by atoms with van der Waals surface area (Å²) in [7, 11) is 1.73. The average molecular weight is 502 g/mol. The molecular formula is C21H35IN4O2. The van der Waals surface area contributed by atoms with Crippen LogP contribution in [0.4, 0.5) is 5.69 Å². The minimum absolute atomic E-state index is 0. The van der Waals surface area contributed by atoms with Crippen LogP contribution < -0.4 is 20.3 Å². The van der Waals surface area contributed by atoms with Crippen molar-refractivity contribution in [2.45, 2.75) is 51.2 Å². The van der Waals surface area contributed by atoms with Gasteiger partial charge in [0.1, 0.15) is 5.75 Å². The molecule has 3 N–H and O–H groups in total. The Hall–Kier alpha value is -1.22. The van der Waals surface area contributed by atoms with Gasteiger partial charge in [0.2, 0.25) is 0 Å². The molecule has 1 saturated heterocycles. The fraction of sp³-hybridized carbons (Fsp3) is 0.667. The Morgan fingerprint density at radius 3 is 2.79 bits per heavy atom. The second kappa shape index (κ2) is 11.7. The molecule has 158 valence electrons. The number of aliphatic hydroxyl groups is 1. The molecule has 0 radical (unpaired) electrons. The molecule has 0 amide bonds. The van der Waals surface area contributed by atoms with E-state index >= 15 is 0 Å². The Kier molecular flexibility index (Phi) is 9.64. The van der Waals surface area contributed by atoms with Crippen molar-refractivity contribution in [3.05, 3.63) is 24.3 Å². The summed E-state index contributed by atoms with van der Waals surface area (Å²) < 4.78 is 5.54. The third-order valence-electron chi connectivity index (χ3n) is 5.64. The van der Waals surface area contributed by atoms with E-state index in [2.05, 4.69) is 34.6 Å². The molecule has 1 heterocycles. The lowest BCUT2D eigenvalue weighted by Crippen LogP contribution is -2.51. The first kappa shape index (κ1) is 23.1. The van der Waals surface area contributed by atoms with Crippen molar-refractivity contribution in [3.8, 4) is 5.75 Å².